The van der Waals surface area contributed by atoms with Crippen molar-refractivity contribution in [1.29, 1.82) is 0 Å². The van der Waals surface area contributed by atoms with Crippen LogP contribution < -0.4 is 11.1 Å². The Morgan fingerprint density at radius 1 is 1.56 bits per heavy atom. The highest BCUT2D eigenvalue weighted by molar-refractivity contribution is 7.80. The molecule has 0 aromatic carbocycles. The average molecular weight is 265 g/mol. The molecule has 0 spiro atoms. The third-order valence-electron chi connectivity index (χ3n) is 3.44. The van der Waals surface area contributed by atoms with Gasteiger partial charge >= 0.3 is 0 Å². The van der Waals surface area contributed by atoms with E-state index >= 15 is 0 Å². The predicted octanol–water partition coefficient (Wildman–Crippen LogP) is 1.94. The molecular formula is C13H19N3OS. The summed E-state index contributed by atoms with van der Waals surface area (Å²) in [5, 5.41) is 3.48. The molecule has 2 rings (SSSR count). The first-order chi connectivity index (χ1) is 8.68. The standard InChI is InChI=1S/C13H19N3OS/c1-9(10-3-6-17-7-4-10)16-12-8-15-5-2-11(12)13(14)18/h2,5,8-10,16H,3-4,6-7H2,1H3,(H2,14,18). The van der Waals surface area contributed by atoms with Crippen molar-refractivity contribution < 1.29 is 4.74 Å². The van der Waals surface area contributed by atoms with E-state index in [0.29, 0.717) is 16.9 Å². The lowest BCUT2D eigenvalue weighted by Gasteiger charge is -2.29. The van der Waals surface area contributed by atoms with E-state index in [9.17, 15) is 0 Å². The second-order valence-corrected chi connectivity index (χ2v) is 5.11. The lowest BCUT2D eigenvalue weighted by atomic mass is 9.92. The summed E-state index contributed by atoms with van der Waals surface area (Å²) in [5.74, 6) is 0.623. The van der Waals surface area contributed by atoms with Crippen molar-refractivity contribution in [3.63, 3.8) is 0 Å². The van der Waals surface area contributed by atoms with Gasteiger partial charge in [-0.05, 0) is 31.7 Å². The zero-order valence-electron chi connectivity index (χ0n) is 10.6. The Morgan fingerprint density at radius 3 is 2.94 bits per heavy atom. The number of pyridine rings is 1. The van der Waals surface area contributed by atoms with E-state index in [1.165, 1.54) is 0 Å². The van der Waals surface area contributed by atoms with Crippen LogP contribution in [0.25, 0.3) is 0 Å². The van der Waals surface area contributed by atoms with Crippen molar-refractivity contribution in [3.05, 3.63) is 24.0 Å². The highest BCUT2D eigenvalue weighted by atomic mass is 32.1. The van der Waals surface area contributed by atoms with Crippen LogP contribution in [0.5, 0.6) is 0 Å². The van der Waals surface area contributed by atoms with Crippen molar-refractivity contribution in [3.8, 4) is 0 Å². The van der Waals surface area contributed by atoms with Crippen LogP contribution in [0.2, 0.25) is 0 Å². The summed E-state index contributed by atoms with van der Waals surface area (Å²) >= 11 is 5.05. The van der Waals surface area contributed by atoms with E-state index < -0.39 is 0 Å². The molecule has 98 valence electrons. The largest absolute Gasteiger partial charge is 0.389 e. The van der Waals surface area contributed by atoms with Crippen LogP contribution in [-0.2, 0) is 4.74 Å². The maximum absolute atomic E-state index is 5.71. The van der Waals surface area contributed by atoms with Gasteiger partial charge in [-0.1, -0.05) is 12.2 Å². The van der Waals surface area contributed by atoms with Gasteiger partial charge in [-0.3, -0.25) is 4.98 Å². The highest BCUT2D eigenvalue weighted by Gasteiger charge is 2.21. The van der Waals surface area contributed by atoms with Gasteiger partial charge in [-0.15, -0.1) is 0 Å². The first-order valence-corrected chi connectivity index (χ1v) is 6.67. The van der Waals surface area contributed by atoms with Gasteiger partial charge in [0.15, 0.2) is 0 Å². The van der Waals surface area contributed by atoms with E-state index in [1.54, 1.807) is 12.4 Å². The van der Waals surface area contributed by atoms with Crippen LogP contribution in [0, 0.1) is 5.92 Å². The summed E-state index contributed by atoms with van der Waals surface area (Å²) in [6.45, 7) is 3.89. The fourth-order valence-electron chi connectivity index (χ4n) is 2.30. The topological polar surface area (TPSA) is 60.2 Å². The second-order valence-electron chi connectivity index (χ2n) is 4.67. The van der Waals surface area contributed by atoms with Crippen LogP contribution in [0.15, 0.2) is 18.5 Å². The van der Waals surface area contributed by atoms with Gasteiger partial charge in [-0.2, -0.15) is 0 Å². The molecule has 0 aliphatic carbocycles. The summed E-state index contributed by atoms with van der Waals surface area (Å²) in [6, 6.07) is 2.22. The number of nitrogens with two attached hydrogens (primary N) is 1. The minimum absolute atomic E-state index is 0.367. The monoisotopic (exact) mass is 265 g/mol. The molecule has 4 nitrogen and oxygen atoms in total. The molecule has 3 N–H and O–H groups in total. The summed E-state index contributed by atoms with van der Waals surface area (Å²) in [5.41, 5.74) is 7.49. The fourth-order valence-corrected chi connectivity index (χ4v) is 2.48. The molecule has 1 saturated heterocycles. The summed E-state index contributed by atoms with van der Waals surface area (Å²) in [6.07, 6.45) is 5.68. The molecule has 1 aromatic heterocycles. The SMILES string of the molecule is CC(Nc1cnccc1C(N)=S)C1CCOCC1. The van der Waals surface area contributed by atoms with Crippen molar-refractivity contribution in [2.75, 3.05) is 18.5 Å². The number of hydrogen-bond acceptors (Lipinski definition) is 4. The molecule has 1 fully saturated rings. The highest BCUT2D eigenvalue weighted by Crippen LogP contribution is 2.23. The molecule has 0 amide bonds. The van der Waals surface area contributed by atoms with Gasteiger partial charge in [0.05, 0.1) is 11.9 Å². The smallest absolute Gasteiger partial charge is 0.106 e. The zero-order valence-corrected chi connectivity index (χ0v) is 11.4. The molecule has 0 saturated carbocycles. The molecule has 0 radical (unpaired) electrons. The molecule has 1 aromatic rings. The minimum Gasteiger partial charge on any atom is -0.389 e. The second kappa shape index (κ2) is 6.11. The fraction of sp³-hybridized carbons (Fsp3) is 0.538. The molecule has 0 bridgehead atoms. The number of nitrogens with one attached hydrogen (secondary N) is 1. The van der Waals surface area contributed by atoms with Crippen LogP contribution in [0.4, 0.5) is 5.69 Å². The lowest BCUT2D eigenvalue weighted by Crippen LogP contribution is -2.31. The lowest BCUT2D eigenvalue weighted by molar-refractivity contribution is 0.0622. The molecule has 1 atom stereocenters. The Bertz CT molecular complexity index is 418. The van der Waals surface area contributed by atoms with Crippen LogP contribution >= 0.6 is 12.2 Å². The Labute approximate surface area is 113 Å². The van der Waals surface area contributed by atoms with E-state index in [2.05, 4.69) is 17.2 Å². The van der Waals surface area contributed by atoms with Gasteiger partial charge in [-0.25, -0.2) is 0 Å². The Kier molecular flexibility index (Phi) is 4.49. The van der Waals surface area contributed by atoms with Crippen molar-refractivity contribution in [2.24, 2.45) is 11.7 Å². The van der Waals surface area contributed by atoms with E-state index in [-0.39, 0.29) is 0 Å². The maximum atomic E-state index is 5.71. The quantitative estimate of drug-likeness (QED) is 0.815. The number of thiocarbonyl (C=S) groups is 1. The van der Waals surface area contributed by atoms with E-state index in [1.807, 2.05) is 6.07 Å². The van der Waals surface area contributed by atoms with Gasteiger partial charge in [0, 0.05) is 31.0 Å². The number of rotatable bonds is 4. The predicted molar refractivity (Wildman–Crippen MR) is 76.8 cm³/mol. The average Bonchev–Trinajstić information content (AvgIpc) is 2.40. The Hall–Kier alpha value is -1.20. The van der Waals surface area contributed by atoms with Gasteiger partial charge < -0.3 is 15.8 Å². The third-order valence-corrected chi connectivity index (χ3v) is 3.66. The number of aromatic nitrogens is 1. The van der Waals surface area contributed by atoms with E-state index in [4.69, 9.17) is 22.7 Å². The maximum Gasteiger partial charge on any atom is 0.106 e. The molecule has 1 aliphatic rings. The normalized spacial score (nSPS) is 18.3. The first-order valence-electron chi connectivity index (χ1n) is 6.26. The number of nitrogens with zero attached hydrogens (tertiary/aromatic N) is 1. The molecular weight excluding hydrogens is 246 g/mol. The number of anilines is 1. The molecule has 1 aliphatic heterocycles. The van der Waals surface area contributed by atoms with E-state index in [0.717, 1.165) is 37.3 Å². The van der Waals surface area contributed by atoms with Gasteiger partial charge in [0.1, 0.15) is 4.99 Å². The number of ether oxygens (including phenoxy) is 1. The minimum atomic E-state index is 0.367. The Morgan fingerprint density at radius 2 is 2.28 bits per heavy atom. The Balaban J connectivity index is 2.06. The van der Waals surface area contributed by atoms with Crippen LogP contribution in [0.3, 0.4) is 0 Å². The summed E-state index contributed by atoms with van der Waals surface area (Å²) < 4.78 is 5.38. The van der Waals surface area contributed by atoms with Gasteiger partial charge in [0.25, 0.3) is 0 Å². The first kappa shape index (κ1) is 13.2. The zero-order chi connectivity index (χ0) is 13.0. The van der Waals surface area contributed by atoms with Crippen LogP contribution in [0.1, 0.15) is 25.3 Å². The van der Waals surface area contributed by atoms with Crippen LogP contribution in [-0.4, -0.2) is 29.2 Å². The summed E-state index contributed by atoms with van der Waals surface area (Å²) in [7, 11) is 0. The molecule has 2 heterocycles. The van der Waals surface area contributed by atoms with Crippen molar-refractivity contribution in [1.82, 2.24) is 4.98 Å². The molecule has 18 heavy (non-hydrogen) atoms. The summed E-state index contributed by atoms with van der Waals surface area (Å²) in [4.78, 5) is 4.53. The molecule has 1 unspecified atom stereocenters. The van der Waals surface area contributed by atoms with Gasteiger partial charge in [0.2, 0.25) is 0 Å². The van der Waals surface area contributed by atoms with Crippen molar-refractivity contribution >= 4 is 22.9 Å². The molecule has 5 heteroatoms. The van der Waals surface area contributed by atoms with Crippen molar-refractivity contribution in [2.45, 2.75) is 25.8 Å². The third kappa shape index (κ3) is 3.17. The number of hydrogen-bond donors (Lipinski definition) is 2.